The number of fused-ring (bicyclic) bond motifs is 9. The molecular formula is C49H33O2P. The van der Waals surface area contributed by atoms with Crippen LogP contribution in [0.5, 0.6) is 11.5 Å². The molecule has 0 unspecified atom stereocenters. The van der Waals surface area contributed by atoms with Gasteiger partial charge in [0.2, 0.25) is 0 Å². The minimum absolute atomic E-state index is 0.519. The molecular weight excluding hydrogens is 652 g/mol. The van der Waals surface area contributed by atoms with Gasteiger partial charge in [0.15, 0.2) is 7.14 Å². The van der Waals surface area contributed by atoms with Gasteiger partial charge in [-0.2, -0.15) is 0 Å². The minimum atomic E-state index is -3.13. The largest absolute Gasteiger partial charge is 0.456 e. The topological polar surface area (TPSA) is 26.3 Å². The van der Waals surface area contributed by atoms with Crippen molar-refractivity contribution in [2.45, 2.75) is 5.41 Å². The summed E-state index contributed by atoms with van der Waals surface area (Å²) in [7, 11) is -3.13. The molecule has 8 aromatic rings. The van der Waals surface area contributed by atoms with Crippen molar-refractivity contribution in [3.8, 4) is 44.9 Å². The lowest BCUT2D eigenvalue weighted by molar-refractivity contribution is 0.438. The molecule has 0 N–H and O–H groups in total. The summed E-state index contributed by atoms with van der Waals surface area (Å²) >= 11 is 0. The van der Waals surface area contributed by atoms with Gasteiger partial charge in [-0.15, -0.1) is 0 Å². The second-order valence-corrected chi connectivity index (χ2v) is 16.3. The fourth-order valence-corrected chi connectivity index (χ4v) is 11.3. The van der Waals surface area contributed by atoms with Gasteiger partial charge >= 0.3 is 0 Å². The van der Waals surface area contributed by atoms with Crippen LogP contribution in [0.1, 0.15) is 22.3 Å². The van der Waals surface area contributed by atoms with E-state index in [-0.39, 0.29) is 0 Å². The Kier molecular flexibility index (Phi) is 7.03. The highest BCUT2D eigenvalue weighted by molar-refractivity contribution is 7.85. The van der Waals surface area contributed by atoms with Gasteiger partial charge in [-0.1, -0.05) is 182 Å². The summed E-state index contributed by atoms with van der Waals surface area (Å²) in [6.07, 6.45) is 0. The first kappa shape index (κ1) is 30.6. The molecule has 52 heavy (non-hydrogen) atoms. The van der Waals surface area contributed by atoms with Crippen molar-refractivity contribution in [3.63, 3.8) is 0 Å². The van der Waals surface area contributed by atoms with Gasteiger partial charge in [0, 0.05) is 32.6 Å². The van der Waals surface area contributed by atoms with Crippen LogP contribution in [0.4, 0.5) is 0 Å². The van der Waals surface area contributed by atoms with Gasteiger partial charge in [-0.25, -0.2) is 0 Å². The van der Waals surface area contributed by atoms with Crippen molar-refractivity contribution in [1.82, 2.24) is 0 Å². The summed E-state index contributed by atoms with van der Waals surface area (Å²) in [5.74, 6) is 1.74. The smallest absolute Gasteiger partial charge is 0.171 e. The maximum absolute atomic E-state index is 15.2. The SMILES string of the molecule is O=P(c1ccccc1)(c1ccccc1)c1cccc(-c2cccc(-c3cccc4c3Oc3ccccc3C43c4ccccc4-c4ccccc43)c2)c1. The zero-order chi connectivity index (χ0) is 34.7. The van der Waals surface area contributed by atoms with E-state index >= 15 is 4.57 Å². The molecule has 2 nitrogen and oxygen atoms in total. The van der Waals surface area contributed by atoms with E-state index in [1.807, 2.05) is 72.8 Å². The molecule has 1 spiro atoms. The Morgan fingerprint density at radius 2 is 0.827 bits per heavy atom. The molecule has 2 aliphatic rings. The quantitative estimate of drug-likeness (QED) is 0.169. The van der Waals surface area contributed by atoms with Crippen LogP contribution in [-0.2, 0) is 9.98 Å². The van der Waals surface area contributed by atoms with E-state index in [1.54, 1.807) is 0 Å². The highest BCUT2D eigenvalue weighted by atomic mass is 31.2. The number of hydrogen-bond donors (Lipinski definition) is 0. The third-order valence-electron chi connectivity index (χ3n) is 10.8. The summed E-state index contributed by atoms with van der Waals surface area (Å²) in [6.45, 7) is 0. The van der Waals surface area contributed by atoms with E-state index in [0.29, 0.717) is 0 Å². The average Bonchev–Trinajstić information content (AvgIpc) is 3.52. The Labute approximate surface area is 304 Å². The van der Waals surface area contributed by atoms with E-state index in [0.717, 1.165) is 60.8 Å². The summed E-state index contributed by atoms with van der Waals surface area (Å²) in [6, 6.07) is 69.3. The lowest BCUT2D eigenvalue weighted by Crippen LogP contribution is -2.32. The molecule has 3 heteroatoms. The molecule has 0 fully saturated rings. The highest BCUT2D eigenvalue weighted by Gasteiger charge is 2.51. The molecule has 0 radical (unpaired) electrons. The van der Waals surface area contributed by atoms with Crippen molar-refractivity contribution in [2.75, 3.05) is 0 Å². The van der Waals surface area contributed by atoms with Gasteiger partial charge in [0.05, 0.1) is 5.41 Å². The van der Waals surface area contributed by atoms with Crippen LogP contribution in [0.15, 0.2) is 200 Å². The minimum Gasteiger partial charge on any atom is -0.456 e. The number of rotatable bonds is 5. The van der Waals surface area contributed by atoms with Crippen molar-refractivity contribution in [3.05, 3.63) is 222 Å². The van der Waals surface area contributed by atoms with Crippen molar-refractivity contribution in [2.24, 2.45) is 0 Å². The van der Waals surface area contributed by atoms with Crippen LogP contribution in [0.25, 0.3) is 33.4 Å². The van der Waals surface area contributed by atoms with Crippen LogP contribution < -0.4 is 20.7 Å². The average molecular weight is 685 g/mol. The monoisotopic (exact) mass is 684 g/mol. The predicted octanol–water partition coefficient (Wildman–Crippen LogP) is 11.1. The number of para-hydroxylation sites is 2. The Morgan fingerprint density at radius 3 is 1.50 bits per heavy atom. The highest BCUT2D eigenvalue weighted by Crippen LogP contribution is 2.63. The first-order valence-corrected chi connectivity index (χ1v) is 19.4. The Morgan fingerprint density at radius 1 is 0.365 bits per heavy atom. The zero-order valence-electron chi connectivity index (χ0n) is 28.3. The predicted molar refractivity (Wildman–Crippen MR) is 214 cm³/mol. The molecule has 1 aliphatic carbocycles. The maximum Gasteiger partial charge on any atom is 0.171 e. The molecule has 0 atom stereocenters. The standard InChI is InChI=1S/C49H33O2P/c50-52(37-19-3-1-4-20-37,38-21-5-2-6-22-38)39-23-14-17-35(33-39)34-16-13-18-36(32-34)40-26-15-30-46-48(40)51-47-31-12-11-29-45(47)49(46)43-27-9-7-24-41(43)42-25-8-10-28-44(42)49/h1-33H. The van der Waals surface area contributed by atoms with Gasteiger partial charge in [0.1, 0.15) is 11.5 Å². The molecule has 1 heterocycles. The number of benzene rings is 8. The van der Waals surface area contributed by atoms with Crippen LogP contribution in [-0.4, -0.2) is 0 Å². The number of ether oxygens (including phenoxy) is 1. The maximum atomic E-state index is 15.2. The van der Waals surface area contributed by atoms with Gasteiger partial charge < -0.3 is 9.30 Å². The number of hydrogen-bond acceptors (Lipinski definition) is 2. The van der Waals surface area contributed by atoms with Gasteiger partial charge in [-0.05, 0) is 57.1 Å². The van der Waals surface area contributed by atoms with E-state index < -0.39 is 12.6 Å². The van der Waals surface area contributed by atoms with E-state index in [4.69, 9.17) is 4.74 Å². The molecule has 8 aromatic carbocycles. The zero-order valence-corrected chi connectivity index (χ0v) is 29.2. The van der Waals surface area contributed by atoms with Crippen molar-refractivity contribution >= 4 is 23.1 Å². The summed E-state index contributed by atoms with van der Waals surface area (Å²) in [5.41, 5.74) is 11.0. The Bertz CT molecular complexity index is 2610. The first-order chi connectivity index (χ1) is 25.7. The molecule has 0 amide bonds. The molecule has 1 aliphatic heterocycles. The molecule has 0 saturated carbocycles. The normalized spacial score (nSPS) is 13.4. The van der Waals surface area contributed by atoms with Gasteiger partial charge in [-0.3, -0.25) is 0 Å². The fourth-order valence-electron chi connectivity index (χ4n) is 8.58. The lowest BCUT2D eigenvalue weighted by atomic mass is 9.65. The Balaban J connectivity index is 1.14. The molecule has 0 bridgehead atoms. The van der Waals surface area contributed by atoms with Crippen molar-refractivity contribution < 1.29 is 9.30 Å². The van der Waals surface area contributed by atoms with Crippen LogP contribution >= 0.6 is 7.14 Å². The van der Waals surface area contributed by atoms with Crippen LogP contribution in [0.3, 0.4) is 0 Å². The summed E-state index contributed by atoms with van der Waals surface area (Å²) in [4.78, 5) is 0. The van der Waals surface area contributed by atoms with Crippen molar-refractivity contribution in [1.29, 1.82) is 0 Å². The third kappa shape index (κ3) is 4.41. The van der Waals surface area contributed by atoms with Crippen LogP contribution in [0, 0.1) is 0 Å². The van der Waals surface area contributed by atoms with E-state index in [2.05, 4.69) is 127 Å². The molecule has 246 valence electrons. The summed E-state index contributed by atoms with van der Waals surface area (Å²) in [5, 5.41) is 2.46. The molecule has 0 saturated heterocycles. The first-order valence-electron chi connectivity index (χ1n) is 17.7. The van der Waals surface area contributed by atoms with E-state index in [9.17, 15) is 0 Å². The third-order valence-corrected chi connectivity index (χ3v) is 13.9. The van der Waals surface area contributed by atoms with Gasteiger partial charge in [0.25, 0.3) is 0 Å². The summed E-state index contributed by atoms with van der Waals surface area (Å²) < 4.78 is 22.2. The Hall–Kier alpha value is -6.21. The molecule has 10 rings (SSSR count). The fraction of sp³-hybridized carbons (Fsp3) is 0.0204. The second kappa shape index (κ2) is 11.9. The van der Waals surface area contributed by atoms with E-state index in [1.165, 1.54) is 22.3 Å². The van der Waals surface area contributed by atoms with Crippen LogP contribution in [0.2, 0.25) is 0 Å². The second-order valence-electron chi connectivity index (χ2n) is 13.5. The molecule has 0 aromatic heterocycles. The lowest BCUT2D eigenvalue weighted by Gasteiger charge is -2.40.